The van der Waals surface area contributed by atoms with Gasteiger partial charge in [0, 0.05) is 28.0 Å². The molecule has 2 nitrogen and oxygen atoms in total. The molecule has 0 atom stereocenters. The summed E-state index contributed by atoms with van der Waals surface area (Å²) in [5, 5.41) is 8.67. The summed E-state index contributed by atoms with van der Waals surface area (Å²) in [6, 6.07) is 98.6. The van der Waals surface area contributed by atoms with Gasteiger partial charge in [-0.25, -0.2) is 0 Å². The van der Waals surface area contributed by atoms with Crippen LogP contribution < -0.4 is 4.90 Å². The van der Waals surface area contributed by atoms with Crippen LogP contribution in [-0.4, -0.2) is 0 Å². The first-order valence-corrected chi connectivity index (χ1v) is 24.0. The molecule has 0 aliphatic rings. The number of anilines is 3. The summed E-state index contributed by atoms with van der Waals surface area (Å²) in [6.45, 7) is 0. The van der Waals surface area contributed by atoms with Gasteiger partial charge in [-0.05, 0) is 143 Å². The Bertz CT molecular complexity index is 3980. The molecule has 0 fully saturated rings. The van der Waals surface area contributed by atoms with E-state index in [9.17, 15) is 0 Å². The molecule has 328 valence electrons. The van der Waals surface area contributed by atoms with Crippen molar-refractivity contribution in [2.24, 2.45) is 0 Å². The summed E-state index contributed by atoms with van der Waals surface area (Å²) < 4.78 is 6.31. The van der Waals surface area contributed by atoms with Crippen LogP contribution in [0.2, 0.25) is 0 Å². The number of para-hydroxylation sites is 1. The van der Waals surface area contributed by atoms with Crippen molar-refractivity contribution in [2.75, 3.05) is 4.90 Å². The van der Waals surface area contributed by atoms with Crippen molar-refractivity contribution in [1.29, 1.82) is 0 Å². The average Bonchev–Trinajstić information content (AvgIpc) is 3.88. The lowest BCUT2D eigenvalue weighted by molar-refractivity contribution is 0.632. The van der Waals surface area contributed by atoms with E-state index in [1.54, 1.807) is 0 Å². The van der Waals surface area contributed by atoms with E-state index in [-0.39, 0.29) is 0 Å². The molecule has 13 rings (SSSR count). The zero-order valence-corrected chi connectivity index (χ0v) is 38.3. The van der Waals surface area contributed by atoms with E-state index in [0.717, 1.165) is 61.6 Å². The zero-order chi connectivity index (χ0) is 46.4. The van der Waals surface area contributed by atoms with E-state index in [1.807, 2.05) is 18.2 Å². The van der Waals surface area contributed by atoms with Gasteiger partial charge < -0.3 is 9.32 Å². The van der Waals surface area contributed by atoms with Crippen molar-refractivity contribution >= 4 is 60.3 Å². The van der Waals surface area contributed by atoms with Crippen LogP contribution in [0, 0.1) is 0 Å². The van der Waals surface area contributed by atoms with Gasteiger partial charge in [0.25, 0.3) is 0 Å². The fourth-order valence-electron chi connectivity index (χ4n) is 10.4. The van der Waals surface area contributed by atoms with Crippen LogP contribution in [0.5, 0.6) is 0 Å². The predicted molar refractivity (Wildman–Crippen MR) is 296 cm³/mol. The number of fused-ring (bicyclic) bond motifs is 5. The standard InChI is InChI=1S/C68H45NO/c1-4-16-59-50(12-1)15-11-22-60(59)51-28-24-46(25-29-51)48-32-38-56(39-33-48)69(58-42-36-53(37-43-58)66-44-54-13-2-5-18-62(54)63-19-7-8-20-64(63)66)57-40-34-49(35-41-57)47-26-30-52(31-27-47)61-17-6-9-21-65(61)68-45-55-14-3-10-23-67(55)70-68/h1-45H. The molecule has 12 aromatic carbocycles. The Kier molecular flexibility index (Phi) is 10.2. The van der Waals surface area contributed by atoms with E-state index >= 15 is 0 Å². The second-order valence-electron chi connectivity index (χ2n) is 18.0. The predicted octanol–water partition coefficient (Wildman–Crippen LogP) is 19.4. The maximum Gasteiger partial charge on any atom is 0.136 e. The molecule has 0 N–H and O–H groups in total. The Morgan fingerprint density at radius 3 is 1.24 bits per heavy atom. The molecule has 0 saturated carbocycles. The van der Waals surface area contributed by atoms with Crippen molar-refractivity contribution in [1.82, 2.24) is 0 Å². The van der Waals surface area contributed by atoms with Gasteiger partial charge in [0.2, 0.25) is 0 Å². The van der Waals surface area contributed by atoms with Gasteiger partial charge in [-0.3, -0.25) is 0 Å². The highest BCUT2D eigenvalue weighted by molar-refractivity contribution is 6.14. The highest BCUT2D eigenvalue weighted by atomic mass is 16.3. The number of nitrogens with zero attached hydrogens (tertiary/aromatic N) is 1. The lowest BCUT2D eigenvalue weighted by atomic mass is 9.93. The van der Waals surface area contributed by atoms with Crippen LogP contribution in [0.15, 0.2) is 277 Å². The van der Waals surface area contributed by atoms with Crippen LogP contribution in [0.1, 0.15) is 0 Å². The third-order valence-corrected chi connectivity index (χ3v) is 13.9. The third-order valence-electron chi connectivity index (χ3n) is 13.9. The number of rotatable bonds is 9. The molecule has 1 heterocycles. The quantitative estimate of drug-likeness (QED) is 0.134. The molecule has 0 aliphatic heterocycles. The molecular formula is C68H45NO. The monoisotopic (exact) mass is 891 g/mol. The first-order chi connectivity index (χ1) is 34.7. The summed E-state index contributed by atoms with van der Waals surface area (Å²) in [7, 11) is 0. The highest BCUT2D eigenvalue weighted by Crippen LogP contribution is 2.41. The van der Waals surface area contributed by atoms with E-state index in [0.29, 0.717) is 0 Å². The fraction of sp³-hybridized carbons (Fsp3) is 0. The largest absolute Gasteiger partial charge is 0.456 e. The minimum absolute atomic E-state index is 0.874. The van der Waals surface area contributed by atoms with Gasteiger partial charge in [0.15, 0.2) is 0 Å². The molecule has 2 heteroatoms. The van der Waals surface area contributed by atoms with E-state index < -0.39 is 0 Å². The molecule has 0 aliphatic carbocycles. The average molecular weight is 892 g/mol. The molecule has 13 aromatic rings. The number of hydrogen-bond donors (Lipinski definition) is 0. The second kappa shape index (κ2) is 17.4. The lowest BCUT2D eigenvalue weighted by Gasteiger charge is -2.26. The summed E-state index contributed by atoms with van der Waals surface area (Å²) in [6.07, 6.45) is 0. The number of furan rings is 1. The number of hydrogen-bond acceptors (Lipinski definition) is 2. The van der Waals surface area contributed by atoms with Gasteiger partial charge in [-0.1, -0.05) is 218 Å². The van der Waals surface area contributed by atoms with Crippen LogP contribution in [-0.2, 0) is 0 Å². The van der Waals surface area contributed by atoms with Gasteiger partial charge in [-0.15, -0.1) is 0 Å². The van der Waals surface area contributed by atoms with Crippen LogP contribution in [0.3, 0.4) is 0 Å². The Morgan fingerprint density at radius 2 is 0.629 bits per heavy atom. The molecule has 70 heavy (non-hydrogen) atoms. The van der Waals surface area contributed by atoms with Crippen molar-refractivity contribution in [3.05, 3.63) is 273 Å². The Labute approximate surface area is 407 Å². The van der Waals surface area contributed by atoms with Crippen molar-refractivity contribution < 1.29 is 4.42 Å². The fourth-order valence-corrected chi connectivity index (χ4v) is 10.4. The smallest absolute Gasteiger partial charge is 0.136 e. The van der Waals surface area contributed by atoms with Gasteiger partial charge >= 0.3 is 0 Å². The van der Waals surface area contributed by atoms with Crippen LogP contribution >= 0.6 is 0 Å². The normalized spacial score (nSPS) is 11.4. The molecule has 0 radical (unpaired) electrons. The van der Waals surface area contributed by atoms with E-state index in [2.05, 4.69) is 260 Å². The first-order valence-electron chi connectivity index (χ1n) is 24.0. The maximum absolute atomic E-state index is 6.31. The van der Waals surface area contributed by atoms with Gasteiger partial charge in [0.05, 0.1) is 0 Å². The first kappa shape index (κ1) is 41.0. The van der Waals surface area contributed by atoms with E-state index in [4.69, 9.17) is 4.42 Å². The Balaban J connectivity index is 0.832. The van der Waals surface area contributed by atoms with E-state index in [1.165, 1.54) is 65.7 Å². The summed E-state index contributed by atoms with van der Waals surface area (Å²) in [4.78, 5) is 2.36. The summed E-state index contributed by atoms with van der Waals surface area (Å²) >= 11 is 0. The van der Waals surface area contributed by atoms with Crippen LogP contribution in [0.4, 0.5) is 17.1 Å². The van der Waals surface area contributed by atoms with Gasteiger partial charge in [-0.2, -0.15) is 0 Å². The van der Waals surface area contributed by atoms with Crippen molar-refractivity contribution in [2.45, 2.75) is 0 Å². The molecule has 0 spiro atoms. The minimum Gasteiger partial charge on any atom is -0.456 e. The molecule has 0 saturated heterocycles. The summed E-state index contributed by atoms with van der Waals surface area (Å²) in [5.74, 6) is 0.874. The van der Waals surface area contributed by atoms with Crippen LogP contribution in [0.25, 0.3) is 110 Å². The minimum atomic E-state index is 0.874. The molecule has 1 aromatic heterocycles. The molecule has 0 amide bonds. The topological polar surface area (TPSA) is 16.4 Å². The lowest BCUT2D eigenvalue weighted by Crippen LogP contribution is -2.09. The summed E-state index contributed by atoms with van der Waals surface area (Å²) in [5.41, 5.74) is 17.1. The molecular weight excluding hydrogens is 847 g/mol. The van der Waals surface area contributed by atoms with Crippen molar-refractivity contribution in [3.8, 4) is 67.0 Å². The Morgan fingerprint density at radius 1 is 0.229 bits per heavy atom. The SMILES string of the molecule is c1ccc(-c2cc3ccccc3o2)c(-c2ccc(-c3ccc(N(c4ccc(-c5ccc(-c6cccc7ccccc67)cc5)cc4)c4ccc(-c5cc6ccccc6c6ccccc56)cc4)cc3)cc2)c1. The highest BCUT2D eigenvalue weighted by Gasteiger charge is 2.17. The molecule has 0 unspecified atom stereocenters. The van der Waals surface area contributed by atoms with Gasteiger partial charge in [0.1, 0.15) is 11.3 Å². The Hall–Kier alpha value is -9.24. The maximum atomic E-state index is 6.31. The second-order valence-corrected chi connectivity index (χ2v) is 18.0. The zero-order valence-electron chi connectivity index (χ0n) is 38.3. The third kappa shape index (κ3) is 7.49. The van der Waals surface area contributed by atoms with Crippen molar-refractivity contribution in [3.63, 3.8) is 0 Å². The molecule has 0 bridgehead atoms. The number of benzene rings is 12.